The van der Waals surface area contributed by atoms with Crippen LogP contribution in [-0.4, -0.2) is 35.7 Å². The van der Waals surface area contributed by atoms with Crippen molar-refractivity contribution in [3.8, 4) is 0 Å². The van der Waals surface area contributed by atoms with Crippen LogP contribution in [0.3, 0.4) is 0 Å². The Hall–Kier alpha value is -0.700. The number of hydrogen-bond donors (Lipinski definition) is 0. The summed E-state index contributed by atoms with van der Waals surface area (Å²) in [5.41, 5.74) is -1.31. The Morgan fingerprint density at radius 1 is 1.29 bits per heavy atom. The molecule has 0 heterocycles. The van der Waals surface area contributed by atoms with Gasteiger partial charge in [-0.3, -0.25) is 4.79 Å². The van der Waals surface area contributed by atoms with Gasteiger partial charge in [0.2, 0.25) is 0 Å². The number of halogens is 7. The first-order valence-corrected chi connectivity index (χ1v) is 7.58. The SMILES string of the molecule is O=C(c1ccc(Br)c(C(F)(F)F)c1)N(CCBr)CC(F)F. The molecule has 0 atom stereocenters. The Labute approximate surface area is 134 Å². The Kier molecular flexibility index (Phi) is 6.58. The molecule has 0 saturated heterocycles. The molecule has 1 rings (SSSR count). The van der Waals surface area contributed by atoms with E-state index in [1.165, 1.54) is 0 Å². The highest BCUT2D eigenvalue weighted by Gasteiger charge is 2.34. The lowest BCUT2D eigenvalue weighted by molar-refractivity contribution is -0.138. The van der Waals surface area contributed by atoms with Gasteiger partial charge in [0, 0.05) is 21.9 Å². The first-order valence-electron chi connectivity index (χ1n) is 5.67. The summed E-state index contributed by atoms with van der Waals surface area (Å²) < 4.78 is 62.9. The Morgan fingerprint density at radius 3 is 2.38 bits per heavy atom. The number of amides is 1. The standard InChI is InChI=1S/C12H10Br2F5NO/c13-3-4-20(6-10(15)16)11(21)7-1-2-9(14)8(5-7)12(17,18)19/h1-2,5,10H,3-4,6H2. The van der Waals surface area contributed by atoms with Gasteiger partial charge in [0.05, 0.1) is 12.1 Å². The number of carbonyl (C=O) groups excluding carboxylic acids is 1. The fourth-order valence-electron chi connectivity index (χ4n) is 1.60. The van der Waals surface area contributed by atoms with Gasteiger partial charge in [0.1, 0.15) is 0 Å². The minimum absolute atomic E-state index is 0.0272. The molecule has 1 amide bonds. The van der Waals surface area contributed by atoms with Crippen LogP contribution in [0.15, 0.2) is 22.7 Å². The van der Waals surface area contributed by atoms with Crippen LogP contribution in [0.1, 0.15) is 15.9 Å². The third-order valence-electron chi connectivity index (χ3n) is 2.52. The van der Waals surface area contributed by atoms with Crippen molar-refractivity contribution in [1.82, 2.24) is 4.90 Å². The van der Waals surface area contributed by atoms with Gasteiger partial charge in [0.25, 0.3) is 12.3 Å². The van der Waals surface area contributed by atoms with Gasteiger partial charge >= 0.3 is 6.18 Å². The zero-order valence-corrected chi connectivity index (χ0v) is 13.6. The lowest BCUT2D eigenvalue weighted by Crippen LogP contribution is -2.36. The highest BCUT2D eigenvalue weighted by atomic mass is 79.9. The van der Waals surface area contributed by atoms with Crippen LogP contribution in [0.5, 0.6) is 0 Å². The zero-order chi connectivity index (χ0) is 16.2. The molecule has 0 aliphatic rings. The first-order chi connectivity index (χ1) is 9.66. The molecule has 0 fully saturated rings. The van der Waals surface area contributed by atoms with Crippen LogP contribution in [0.25, 0.3) is 0 Å². The van der Waals surface area contributed by atoms with E-state index in [1.54, 1.807) is 0 Å². The molecule has 0 radical (unpaired) electrons. The van der Waals surface area contributed by atoms with Crippen LogP contribution in [0, 0.1) is 0 Å². The summed E-state index contributed by atoms with van der Waals surface area (Å²) in [6.07, 6.45) is -7.40. The predicted octanol–water partition coefficient (Wildman–Crippen LogP) is 4.57. The molecule has 0 saturated carbocycles. The number of hydrogen-bond acceptors (Lipinski definition) is 1. The third-order valence-corrected chi connectivity index (χ3v) is 3.56. The predicted molar refractivity (Wildman–Crippen MR) is 74.8 cm³/mol. The molecule has 21 heavy (non-hydrogen) atoms. The highest BCUT2D eigenvalue weighted by Crippen LogP contribution is 2.35. The molecular weight excluding hydrogens is 429 g/mol. The lowest BCUT2D eigenvalue weighted by atomic mass is 10.1. The maximum Gasteiger partial charge on any atom is 0.417 e. The van der Waals surface area contributed by atoms with Crippen molar-refractivity contribution in [3.05, 3.63) is 33.8 Å². The molecule has 0 N–H and O–H groups in total. The number of carbonyl (C=O) groups is 1. The third kappa shape index (κ3) is 5.21. The van der Waals surface area contributed by atoms with E-state index >= 15 is 0 Å². The van der Waals surface area contributed by atoms with Gasteiger partial charge in [-0.1, -0.05) is 31.9 Å². The van der Waals surface area contributed by atoms with Crippen molar-refractivity contribution in [2.75, 3.05) is 18.4 Å². The van der Waals surface area contributed by atoms with Crippen LogP contribution >= 0.6 is 31.9 Å². The van der Waals surface area contributed by atoms with E-state index in [-0.39, 0.29) is 21.9 Å². The summed E-state index contributed by atoms with van der Waals surface area (Å²) in [4.78, 5) is 12.9. The molecule has 0 aliphatic carbocycles. The quantitative estimate of drug-likeness (QED) is 0.487. The first kappa shape index (κ1) is 18.3. The molecule has 2 nitrogen and oxygen atoms in total. The minimum Gasteiger partial charge on any atom is -0.332 e. The van der Waals surface area contributed by atoms with E-state index in [9.17, 15) is 26.7 Å². The Bertz CT molecular complexity index is 507. The van der Waals surface area contributed by atoms with Crippen LogP contribution in [-0.2, 0) is 6.18 Å². The van der Waals surface area contributed by atoms with E-state index in [2.05, 4.69) is 31.9 Å². The Morgan fingerprint density at radius 2 is 1.90 bits per heavy atom. The maximum absolute atomic E-state index is 12.8. The molecule has 0 bridgehead atoms. The fraction of sp³-hybridized carbons (Fsp3) is 0.417. The van der Waals surface area contributed by atoms with Crippen molar-refractivity contribution in [1.29, 1.82) is 0 Å². The fourth-order valence-corrected chi connectivity index (χ4v) is 2.50. The molecule has 1 aromatic rings. The average Bonchev–Trinajstić information content (AvgIpc) is 2.36. The number of alkyl halides is 6. The van der Waals surface area contributed by atoms with Crippen molar-refractivity contribution in [2.24, 2.45) is 0 Å². The maximum atomic E-state index is 12.8. The molecular formula is C12H10Br2F5NO. The van der Waals surface area contributed by atoms with E-state index in [0.29, 0.717) is 6.07 Å². The summed E-state index contributed by atoms with van der Waals surface area (Å²) in [5.74, 6) is -0.868. The van der Waals surface area contributed by atoms with Gasteiger partial charge in [-0.05, 0) is 18.2 Å². The van der Waals surface area contributed by atoms with Gasteiger partial charge < -0.3 is 4.90 Å². The topological polar surface area (TPSA) is 20.3 Å². The molecule has 0 spiro atoms. The summed E-state index contributed by atoms with van der Waals surface area (Å²) >= 11 is 5.76. The van der Waals surface area contributed by atoms with Gasteiger partial charge in [-0.2, -0.15) is 13.2 Å². The van der Waals surface area contributed by atoms with Crippen molar-refractivity contribution in [2.45, 2.75) is 12.6 Å². The summed E-state index contributed by atoms with van der Waals surface area (Å²) in [7, 11) is 0. The summed E-state index contributed by atoms with van der Waals surface area (Å²) in [6, 6.07) is 2.89. The molecule has 0 unspecified atom stereocenters. The van der Waals surface area contributed by atoms with Crippen molar-refractivity contribution in [3.63, 3.8) is 0 Å². The van der Waals surface area contributed by atoms with Gasteiger partial charge in [0.15, 0.2) is 0 Å². The molecule has 0 aromatic heterocycles. The van der Waals surface area contributed by atoms with Crippen molar-refractivity contribution >= 4 is 37.8 Å². The second-order valence-electron chi connectivity index (χ2n) is 4.02. The Balaban J connectivity index is 3.11. The molecule has 9 heteroatoms. The second-order valence-corrected chi connectivity index (χ2v) is 5.67. The summed E-state index contributed by atoms with van der Waals surface area (Å²) in [6.45, 7) is -0.859. The number of rotatable bonds is 5. The van der Waals surface area contributed by atoms with Gasteiger partial charge in [-0.25, -0.2) is 8.78 Å². The van der Waals surface area contributed by atoms with Gasteiger partial charge in [-0.15, -0.1) is 0 Å². The number of benzene rings is 1. The highest BCUT2D eigenvalue weighted by molar-refractivity contribution is 9.10. The summed E-state index contributed by atoms with van der Waals surface area (Å²) in [5, 5.41) is 0.244. The second kappa shape index (κ2) is 7.53. The van der Waals surface area contributed by atoms with Crippen LogP contribution in [0.4, 0.5) is 22.0 Å². The molecule has 118 valence electrons. The minimum atomic E-state index is -4.64. The molecule has 1 aromatic carbocycles. The van der Waals surface area contributed by atoms with E-state index in [1.807, 2.05) is 0 Å². The molecule has 0 aliphatic heterocycles. The van der Waals surface area contributed by atoms with E-state index < -0.39 is 30.6 Å². The van der Waals surface area contributed by atoms with Crippen LogP contribution < -0.4 is 0 Å². The van der Waals surface area contributed by atoms with E-state index in [4.69, 9.17) is 0 Å². The monoisotopic (exact) mass is 437 g/mol. The number of nitrogens with zero attached hydrogens (tertiary/aromatic N) is 1. The average molecular weight is 439 g/mol. The zero-order valence-electron chi connectivity index (χ0n) is 10.4. The largest absolute Gasteiger partial charge is 0.417 e. The van der Waals surface area contributed by atoms with E-state index in [0.717, 1.165) is 17.0 Å². The smallest absolute Gasteiger partial charge is 0.332 e. The van der Waals surface area contributed by atoms with Crippen molar-refractivity contribution < 1.29 is 26.7 Å². The lowest BCUT2D eigenvalue weighted by Gasteiger charge is -2.22. The van der Waals surface area contributed by atoms with Crippen LogP contribution in [0.2, 0.25) is 0 Å². The normalized spacial score (nSPS) is 11.8.